The van der Waals surface area contributed by atoms with Crippen LogP contribution in [-0.2, 0) is 0 Å². The fourth-order valence-corrected chi connectivity index (χ4v) is 3.24. The van der Waals surface area contributed by atoms with E-state index >= 15 is 0 Å². The number of nitrogens with zero attached hydrogens (tertiary/aromatic N) is 5. The second-order valence-electron chi connectivity index (χ2n) is 7.60. The average molecular weight is 466 g/mol. The molecule has 0 fully saturated rings. The molecule has 0 saturated carbocycles. The van der Waals surface area contributed by atoms with Gasteiger partial charge in [0.2, 0.25) is 0 Å². The van der Waals surface area contributed by atoms with Gasteiger partial charge in [-0.15, -0.1) is 0 Å². The number of anilines is 3. The summed E-state index contributed by atoms with van der Waals surface area (Å²) in [7, 11) is 1.68. The van der Waals surface area contributed by atoms with E-state index in [2.05, 4.69) is 31.0 Å². The quantitative estimate of drug-likeness (QED) is 0.307. The number of carbonyl (C=O) groups is 1. The number of aliphatic hydroxyl groups is 1. The summed E-state index contributed by atoms with van der Waals surface area (Å²) in [5, 5.41) is 22.1. The molecule has 1 atom stereocenters. The van der Waals surface area contributed by atoms with Crippen molar-refractivity contribution in [1.82, 2.24) is 29.5 Å². The molecule has 1 amide bonds. The predicted molar refractivity (Wildman–Crippen MR) is 124 cm³/mol. The molecule has 0 aliphatic rings. The Bertz CT molecular complexity index is 1400. The van der Waals surface area contributed by atoms with Crippen LogP contribution >= 0.6 is 0 Å². The van der Waals surface area contributed by atoms with Gasteiger partial charge in [-0.05, 0) is 30.2 Å². The minimum absolute atomic E-state index is 0.0533. The first-order chi connectivity index (χ1) is 16.4. The maximum absolute atomic E-state index is 14.2. The SMILES string of the molecule is CNc1cc(Nc2cccn(-c3ncccc3F)c2=O)nc2c(C(=O)NC[C@H](C)CO)cnn12. The Morgan fingerprint density at radius 1 is 1.29 bits per heavy atom. The van der Waals surface area contributed by atoms with Crippen LogP contribution in [0.25, 0.3) is 11.5 Å². The number of fused-ring (bicyclic) bond motifs is 1. The van der Waals surface area contributed by atoms with Crippen LogP contribution in [0.2, 0.25) is 0 Å². The minimum Gasteiger partial charge on any atom is -0.396 e. The maximum Gasteiger partial charge on any atom is 0.280 e. The van der Waals surface area contributed by atoms with Crippen LogP contribution in [-0.4, -0.2) is 55.4 Å². The Morgan fingerprint density at radius 2 is 2.12 bits per heavy atom. The molecular weight excluding hydrogens is 443 g/mol. The van der Waals surface area contributed by atoms with Crippen molar-refractivity contribution < 1.29 is 14.3 Å². The van der Waals surface area contributed by atoms with Gasteiger partial charge in [0, 0.05) is 38.7 Å². The first-order valence-electron chi connectivity index (χ1n) is 10.5. The predicted octanol–water partition coefficient (Wildman–Crippen LogP) is 1.56. The highest BCUT2D eigenvalue weighted by atomic mass is 19.1. The molecule has 34 heavy (non-hydrogen) atoms. The lowest BCUT2D eigenvalue weighted by Crippen LogP contribution is -2.29. The molecular formula is C22H23FN8O3. The second-order valence-corrected chi connectivity index (χ2v) is 7.60. The first-order valence-corrected chi connectivity index (χ1v) is 10.5. The van der Waals surface area contributed by atoms with E-state index in [0.717, 1.165) is 4.57 Å². The number of hydrogen-bond acceptors (Lipinski definition) is 8. The van der Waals surface area contributed by atoms with Crippen molar-refractivity contribution in [1.29, 1.82) is 0 Å². The molecule has 11 nitrogen and oxygen atoms in total. The van der Waals surface area contributed by atoms with E-state index in [1.54, 1.807) is 26.1 Å². The standard InChI is InChI=1S/C22H23FN8O3/c1-13(12-32)10-26-21(33)14-11-27-31-18(24-2)9-17(29-19(14)31)28-16-6-4-8-30(22(16)34)20-15(23)5-3-7-25-20/h3-9,11,13,24,32H,10,12H2,1-2H3,(H,26,33)(H,28,29)/t13-/m0/s1. The van der Waals surface area contributed by atoms with Gasteiger partial charge in [-0.3, -0.25) is 14.2 Å². The number of rotatable bonds is 8. The Morgan fingerprint density at radius 3 is 2.85 bits per heavy atom. The zero-order valence-corrected chi connectivity index (χ0v) is 18.5. The summed E-state index contributed by atoms with van der Waals surface area (Å²) >= 11 is 0. The number of amides is 1. The van der Waals surface area contributed by atoms with Crippen LogP contribution in [0, 0.1) is 11.7 Å². The zero-order valence-electron chi connectivity index (χ0n) is 18.5. The number of aliphatic hydroxyl groups excluding tert-OH is 1. The normalized spacial score (nSPS) is 11.9. The molecule has 0 radical (unpaired) electrons. The molecule has 4 aromatic rings. The van der Waals surface area contributed by atoms with Crippen LogP contribution in [0.4, 0.5) is 21.7 Å². The van der Waals surface area contributed by atoms with E-state index in [-0.39, 0.29) is 47.6 Å². The molecule has 0 saturated heterocycles. The summed E-state index contributed by atoms with van der Waals surface area (Å²) in [6, 6.07) is 7.39. The number of pyridine rings is 2. The van der Waals surface area contributed by atoms with Gasteiger partial charge in [-0.2, -0.15) is 9.61 Å². The van der Waals surface area contributed by atoms with Crippen molar-refractivity contribution in [3.05, 3.63) is 70.7 Å². The lowest BCUT2D eigenvalue weighted by molar-refractivity contribution is 0.0943. The van der Waals surface area contributed by atoms with Gasteiger partial charge in [0.1, 0.15) is 22.9 Å². The fourth-order valence-electron chi connectivity index (χ4n) is 3.24. The van der Waals surface area contributed by atoms with Gasteiger partial charge in [0.15, 0.2) is 17.3 Å². The third-order valence-corrected chi connectivity index (χ3v) is 5.07. The first kappa shape index (κ1) is 22.9. The van der Waals surface area contributed by atoms with Crippen molar-refractivity contribution in [2.24, 2.45) is 5.92 Å². The van der Waals surface area contributed by atoms with Crippen LogP contribution in [0.5, 0.6) is 0 Å². The number of aromatic nitrogens is 5. The summed E-state index contributed by atoms with van der Waals surface area (Å²) in [4.78, 5) is 34.1. The van der Waals surface area contributed by atoms with Gasteiger partial charge >= 0.3 is 0 Å². The Kier molecular flexibility index (Phi) is 6.50. The van der Waals surface area contributed by atoms with E-state index < -0.39 is 17.3 Å². The van der Waals surface area contributed by atoms with Gasteiger partial charge < -0.3 is 21.1 Å². The molecule has 12 heteroatoms. The number of carbonyl (C=O) groups excluding carboxylic acids is 1. The van der Waals surface area contributed by atoms with E-state index in [4.69, 9.17) is 0 Å². The zero-order chi connectivity index (χ0) is 24.2. The Hall–Kier alpha value is -4.32. The Labute approximate surface area is 193 Å². The summed E-state index contributed by atoms with van der Waals surface area (Å²) in [6.07, 6.45) is 4.21. The fraction of sp³-hybridized carbons (Fsp3) is 0.227. The third kappa shape index (κ3) is 4.43. The van der Waals surface area contributed by atoms with Gasteiger partial charge in [-0.25, -0.2) is 14.4 Å². The molecule has 0 aliphatic heterocycles. The van der Waals surface area contributed by atoms with Crippen LogP contribution in [0.3, 0.4) is 0 Å². The van der Waals surface area contributed by atoms with Crippen molar-refractivity contribution in [3.63, 3.8) is 0 Å². The van der Waals surface area contributed by atoms with Crippen molar-refractivity contribution >= 4 is 28.9 Å². The second kappa shape index (κ2) is 9.67. The molecule has 0 spiro atoms. The summed E-state index contributed by atoms with van der Waals surface area (Å²) in [6.45, 7) is 2.04. The van der Waals surface area contributed by atoms with E-state index in [1.807, 2.05) is 0 Å². The number of halogens is 1. The topological polar surface area (TPSA) is 138 Å². The third-order valence-electron chi connectivity index (χ3n) is 5.07. The van der Waals surface area contributed by atoms with Gasteiger partial charge in [0.05, 0.1) is 6.20 Å². The van der Waals surface area contributed by atoms with Gasteiger partial charge in [-0.1, -0.05) is 6.92 Å². The lowest BCUT2D eigenvalue weighted by atomic mass is 10.2. The van der Waals surface area contributed by atoms with Crippen molar-refractivity contribution in [3.8, 4) is 5.82 Å². The molecule has 4 N–H and O–H groups in total. The molecule has 176 valence electrons. The number of hydrogen-bond donors (Lipinski definition) is 4. The molecule has 0 bridgehead atoms. The highest BCUT2D eigenvalue weighted by Crippen LogP contribution is 2.21. The van der Waals surface area contributed by atoms with Crippen LogP contribution in [0.1, 0.15) is 17.3 Å². The Balaban J connectivity index is 1.71. The minimum atomic E-state index is -0.635. The van der Waals surface area contributed by atoms with Gasteiger partial charge in [0.25, 0.3) is 11.5 Å². The monoisotopic (exact) mass is 466 g/mol. The molecule has 0 unspecified atom stereocenters. The largest absolute Gasteiger partial charge is 0.396 e. The van der Waals surface area contributed by atoms with Crippen LogP contribution in [0.15, 0.2) is 53.7 Å². The maximum atomic E-state index is 14.2. The summed E-state index contributed by atoms with van der Waals surface area (Å²) in [5.41, 5.74) is 0.0906. The number of nitrogens with one attached hydrogen (secondary N) is 3. The van der Waals surface area contributed by atoms with Crippen molar-refractivity contribution in [2.75, 3.05) is 30.8 Å². The highest BCUT2D eigenvalue weighted by Gasteiger charge is 2.18. The molecule has 4 heterocycles. The average Bonchev–Trinajstić information content (AvgIpc) is 3.27. The summed E-state index contributed by atoms with van der Waals surface area (Å²) in [5.74, 6) is -0.469. The van der Waals surface area contributed by atoms with E-state index in [1.165, 1.54) is 41.3 Å². The summed E-state index contributed by atoms with van der Waals surface area (Å²) < 4.78 is 16.7. The molecule has 0 aliphatic carbocycles. The smallest absolute Gasteiger partial charge is 0.280 e. The van der Waals surface area contributed by atoms with E-state index in [9.17, 15) is 19.1 Å². The molecule has 0 aromatic carbocycles. The van der Waals surface area contributed by atoms with E-state index in [0.29, 0.717) is 5.82 Å². The highest BCUT2D eigenvalue weighted by molar-refractivity contribution is 6.00. The molecule has 4 rings (SSSR count). The van der Waals surface area contributed by atoms with Crippen molar-refractivity contribution in [2.45, 2.75) is 6.92 Å². The van der Waals surface area contributed by atoms with Crippen LogP contribution < -0.4 is 21.5 Å². The molecule has 4 aromatic heterocycles. The lowest BCUT2D eigenvalue weighted by Gasteiger charge is -2.12.